The number of carboxylic acid groups (broad SMARTS) is 1. The summed E-state index contributed by atoms with van der Waals surface area (Å²) in [6.07, 6.45) is -0.725. The zero-order valence-corrected chi connectivity index (χ0v) is 9.99. The number of aliphatic hydroxyl groups is 1. The van der Waals surface area contributed by atoms with Crippen molar-refractivity contribution < 1.29 is 24.1 Å². The quantitative estimate of drug-likeness (QED) is 0.891. The summed E-state index contributed by atoms with van der Waals surface area (Å²) in [6.45, 7) is 1.44. The van der Waals surface area contributed by atoms with E-state index in [-0.39, 0.29) is 22.4 Å². The third-order valence-electron chi connectivity index (χ3n) is 1.76. The molecule has 1 aromatic carbocycles. The predicted molar refractivity (Wildman–Crippen MR) is 58.2 cm³/mol. The topological polar surface area (TPSA) is 66.8 Å². The SMILES string of the molecule is CC(O)COc1ccc(C(=O)O)c(Br)c1F. The predicted octanol–water partition coefficient (Wildman–Crippen LogP) is 2.05. The van der Waals surface area contributed by atoms with E-state index in [1.165, 1.54) is 19.1 Å². The van der Waals surface area contributed by atoms with E-state index in [1.807, 2.05) is 0 Å². The van der Waals surface area contributed by atoms with E-state index in [1.54, 1.807) is 0 Å². The van der Waals surface area contributed by atoms with Crippen LogP contribution in [0.2, 0.25) is 0 Å². The van der Waals surface area contributed by atoms with Gasteiger partial charge in [0.25, 0.3) is 0 Å². The van der Waals surface area contributed by atoms with E-state index < -0.39 is 17.9 Å². The van der Waals surface area contributed by atoms with Gasteiger partial charge in [-0.05, 0) is 35.0 Å². The van der Waals surface area contributed by atoms with Gasteiger partial charge in [-0.25, -0.2) is 9.18 Å². The molecule has 0 saturated carbocycles. The first-order chi connectivity index (χ1) is 7.43. The fraction of sp³-hybridized carbons (Fsp3) is 0.300. The Kier molecular flexibility index (Phi) is 4.26. The van der Waals surface area contributed by atoms with Crippen molar-refractivity contribution in [2.24, 2.45) is 0 Å². The Morgan fingerprint density at radius 3 is 2.75 bits per heavy atom. The number of aromatic carboxylic acids is 1. The Bertz CT molecular complexity index is 406. The van der Waals surface area contributed by atoms with Crippen LogP contribution in [0.3, 0.4) is 0 Å². The van der Waals surface area contributed by atoms with Gasteiger partial charge < -0.3 is 14.9 Å². The van der Waals surface area contributed by atoms with E-state index in [0.717, 1.165) is 0 Å². The maximum atomic E-state index is 13.6. The maximum Gasteiger partial charge on any atom is 0.336 e. The summed E-state index contributed by atoms with van der Waals surface area (Å²) in [5, 5.41) is 17.7. The molecule has 0 aliphatic carbocycles. The lowest BCUT2D eigenvalue weighted by Gasteiger charge is -2.10. The number of hydrogen-bond donors (Lipinski definition) is 2. The molecule has 0 aliphatic rings. The molecule has 1 rings (SSSR count). The van der Waals surface area contributed by atoms with Crippen LogP contribution in [0.25, 0.3) is 0 Å². The van der Waals surface area contributed by atoms with Gasteiger partial charge in [-0.1, -0.05) is 0 Å². The van der Waals surface area contributed by atoms with Crippen molar-refractivity contribution >= 4 is 21.9 Å². The lowest BCUT2D eigenvalue weighted by Crippen LogP contribution is -2.14. The highest BCUT2D eigenvalue weighted by molar-refractivity contribution is 9.10. The van der Waals surface area contributed by atoms with Crippen LogP contribution in [0.1, 0.15) is 17.3 Å². The molecule has 4 nitrogen and oxygen atoms in total. The number of aliphatic hydroxyl groups excluding tert-OH is 1. The highest BCUT2D eigenvalue weighted by Crippen LogP contribution is 2.28. The van der Waals surface area contributed by atoms with Crippen molar-refractivity contribution in [2.45, 2.75) is 13.0 Å². The van der Waals surface area contributed by atoms with E-state index in [2.05, 4.69) is 15.9 Å². The second-order valence-electron chi connectivity index (χ2n) is 3.20. The molecular weight excluding hydrogens is 283 g/mol. The highest BCUT2D eigenvalue weighted by Gasteiger charge is 2.16. The van der Waals surface area contributed by atoms with Gasteiger partial charge in [0.15, 0.2) is 11.6 Å². The van der Waals surface area contributed by atoms with Crippen molar-refractivity contribution in [3.63, 3.8) is 0 Å². The summed E-state index contributed by atoms with van der Waals surface area (Å²) in [5.41, 5.74) is -0.179. The third kappa shape index (κ3) is 2.93. The van der Waals surface area contributed by atoms with Crippen LogP contribution in [0.4, 0.5) is 4.39 Å². The molecule has 6 heteroatoms. The molecule has 0 spiro atoms. The van der Waals surface area contributed by atoms with Crippen molar-refractivity contribution in [1.29, 1.82) is 0 Å². The van der Waals surface area contributed by atoms with E-state index >= 15 is 0 Å². The van der Waals surface area contributed by atoms with Crippen molar-refractivity contribution in [2.75, 3.05) is 6.61 Å². The third-order valence-corrected chi connectivity index (χ3v) is 2.53. The number of carbonyl (C=O) groups is 1. The molecule has 0 bridgehead atoms. The Hall–Kier alpha value is -1.14. The van der Waals surface area contributed by atoms with Gasteiger partial charge in [0.2, 0.25) is 0 Å². The van der Waals surface area contributed by atoms with Gasteiger partial charge in [-0.15, -0.1) is 0 Å². The minimum Gasteiger partial charge on any atom is -0.488 e. The largest absolute Gasteiger partial charge is 0.488 e. The van der Waals surface area contributed by atoms with Crippen LogP contribution in [0, 0.1) is 5.82 Å². The molecule has 0 fully saturated rings. The summed E-state index contributed by atoms with van der Waals surface area (Å²) < 4.78 is 18.4. The average Bonchev–Trinajstić information content (AvgIpc) is 2.19. The zero-order valence-electron chi connectivity index (χ0n) is 8.41. The number of halogens is 2. The van der Waals surface area contributed by atoms with Gasteiger partial charge in [0.1, 0.15) is 6.61 Å². The van der Waals surface area contributed by atoms with E-state index in [0.29, 0.717) is 0 Å². The average molecular weight is 293 g/mol. The Balaban J connectivity index is 2.98. The van der Waals surface area contributed by atoms with E-state index in [4.69, 9.17) is 14.9 Å². The second kappa shape index (κ2) is 5.27. The van der Waals surface area contributed by atoms with Gasteiger partial charge >= 0.3 is 5.97 Å². The molecular formula is C10H10BrFO4. The Morgan fingerprint density at radius 2 is 2.25 bits per heavy atom. The fourth-order valence-electron chi connectivity index (χ4n) is 1.02. The first kappa shape index (κ1) is 12.9. The van der Waals surface area contributed by atoms with Gasteiger partial charge in [0, 0.05) is 0 Å². The Morgan fingerprint density at radius 1 is 1.62 bits per heavy atom. The summed E-state index contributed by atoms with van der Waals surface area (Å²) in [6, 6.07) is 2.44. The smallest absolute Gasteiger partial charge is 0.336 e. The van der Waals surface area contributed by atoms with Gasteiger partial charge in [0.05, 0.1) is 16.1 Å². The number of ether oxygens (including phenoxy) is 1. The molecule has 0 aromatic heterocycles. The highest BCUT2D eigenvalue weighted by atomic mass is 79.9. The zero-order chi connectivity index (χ0) is 12.3. The number of benzene rings is 1. The lowest BCUT2D eigenvalue weighted by molar-refractivity contribution is 0.0694. The molecule has 1 unspecified atom stereocenters. The van der Waals surface area contributed by atoms with Crippen molar-refractivity contribution in [3.05, 3.63) is 28.0 Å². The minimum absolute atomic E-state index is 0.0597. The molecule has 16 heavy (non-hydrogen) atoms. The van der Waals surface area contributed by atoms with E-state index in [9.17, 15) is 9.18 Å². The molecule has 88 valence electrons. The summed E-state index contributed by atoms with van der Waals surface area (Å²) in [7, 11) is 0. The standard InChI is InChI=1S/C10H10BrFO4/c1-5(13)4-16-7-3-2-6(10(14)15)8(11)9(7)12/h2-3,5,13H,4H2,1H3,(H,14,15). The molecule has 0 amide bonds. The van der Waals surface area contributed by atoms with Crippen LogP contribution < -0.4 is 4.74 Å². The Labute approximate surface area is 99.8 Å². The fourth-order valence-corrected chi connectivity index (χ4v) is 1.52. The first-order valence-corrected chi connectivity index (χ1v) is 5.25. The van der Waals surface area contributed by atoms with Crippen LogP contribution >= 0.6 is 15.9 Å². The van der Waals surface area contributed by atoms with Gasteiger partial charge in [-0.3, -0.25) is 0 Å². The van der Waals surface area contributed by atoms with Crippen molar-refractivity contribution in [3.8, 4) is 5.75 Å². The molecule has 1 atom stereocenters. The molecule has 0 heterocycles. The first-order valence-electron chi connectivity index (χ1n) is 4.45. The number of carboxylic acids is 1. The van der Waals surface area contributed by atoms with Crippen LogP contribution in [0.5, 0.6) is 5.75 Å². The molecule has 0 radical (unpaired) electrons. The summed E-state index contributed by atoms with van der Waals surface area (Å²) in [4.78, 5) is 10.7. The number of rotatable bonds is 4. The lowest BCUT2D eigenvalue weighted by atomic mass is 10.2. The van der Waals surface area contributed by atoms with Crippen LogP contribution in [0.15, 0.2) is 16.6 Å². The summed E-state index contributed by atoms with van der Waals surface area (Å²) in [5.74, 6) is -2.12. The molecule has 2 N–H and O–H groups in total. The van der Waals surface area contributed by atoms with Crippen LogP contribution in [-0.4, -0.2) is 28.9 Å². The summed E-state index contributed by atoms with van der Waals surface area (Å²) >= 11 is 2.84. The molecule has 1 aromatic rings. The minimum atomic E-state index is -1.23. The van der Waals surface area contributed by atoms with Gasteiger partial charge in [-0.2, -0.15) is 0 Å². The van der Waals surface area contributed by atoms with Crippen molar-refractivity contribution in [1.82, 2.24) is 0 Å². The molecule has 0 saturated heterocycles. The second-order valence-corrected chi connectivity index (χ2v) is 4.00. The van der Waals surface area contributed by atoms with Crippen LogP contribution in [-0.2, 0) is 0 Å². The maximum absolute atomic E-state index is 13.6. The normalized spacial score (nSPS) is 12.2. The monoisotopic (exact) mass is 292 g/mol. The molecule has 0 aliphatic heterocycles. The number of hydrogen-bond acceptors (Lipinski definition) is 3.